The molecule has 0 unspecified atom stereocenters. The van der Waals surface area contributed by atoms with Gasteiger partial charge in [0.15, 0.2) is 0 Å². The van der Waals surface area contributed by atoms with Gasteiger partial charge in [0, 0.05) is 19.0 Å². The number of aliphatic carboxylic acids is 1. The quantitative estimate of drug-likeness (QED) is 0.700. The van der Waals surface area contributed by atoms with E-state index in [1.807, 2.05) is 24.3 Å². The number of amides is 2. The van der Waals surface area contributed by atoms with Crippen LogP contribution < -0.4 is 5.32 Å². The van der Waals surface area contributed by atoms with Crippen LogP contribution >= 0.6 is 0 Å². The van der Waals surface area contributed by atoms with E-state index in [0.717, 1.165) is 35.1 Å². The van der Waals surface area contributed by atoms with Gasteiger partial charge in [-0.15, -0.1) is 0 Å². The van der Waals surface area contributed by atoms with E-state index in [1.54, 1.807) is 18.7 Å². The van der Waals surface area contributed by atoms with Gasteiger partial charge in [-0.05, 0) is 54.9 Å². The van der Waals surface area contributed by atoms with Crippen molar-refractivity contribution in [2.24, 2.45) is 11.3 Å². The molecule has 178 valence electrons. The highest BCUT2D eigenvalue weighted by atomic mass is 16.5. The average molecular weight is 463 g/mol. The summed E-state index contributed by atoms with van der Waals surface area (Å²) in [6.07, 6.45) is 1.63. The summed E-state index contributed by atoms with van der Waals surface area (Å²) in [4.78, 5) is 39.5. The summed E-state index contributed by atoms with van der Waals surface area (Å²) in [6, 6.07) is 16.2. The molecule has 2 atom stereocenters. The minimum atomic E-state index is -1.21. The van der Waals surface area contributed by atoms with Crippen LogP contribution in [0.2, 0.25) is 0 Å². The van der Waals surface area contributed by atoms with Gasteiger partial charge in [-0.1, -0.05) is 55.0 Å². The van der Waals surface area contributed by atoms with Gasteiger partial charge in [-0.3, -0.25) is 9.59 Å². The fraction of sp³-hybridized carbons (Fsp3) is 0.444. The Hall–Kier alpha value is -3.35. The number of nitrogens with one attached hydrogen (secondary N) is 1. The Balaban J connectivity index is 1.24. The summed E-state index contributed by atoms with van der Waals surface area (Å²) >= 11 is 0. The number of ether oxygens (including phenoxy) is 1. The second-order valence-electron chi connectivity index (χ2n) is 10.3. The minimum Gasteiger partial charge on any atom is -0.481 e. The number of rotatable bonds is 5. The highest BCUT2D eigenvalue weighted by molar-refractivity contribution is 5.90. The fourth-order valence-electron chi connectivity index (χ4n) is 6.13. The molecule has 7 nitrogen and oxygen atoms in total. The van der Waals surface area contributed by atoms with Crippen molar-refractivity contribution >= 4 is 18.0 Å². The first-order valence-electron chi connectivity index (χ1n) is 11.9. The number of carboxylic acids is 1. The molecule has 2 aliphatic carbocycles. The maximum absolute atomic E-state index is 13.2. The number of nitrogens with zero attached hydrogens (tertiary/aromatic N) is 1. The van der Waals surface area contributed by atoms with Gasteiger partial charge in [-0.2, -0.15) is 0 Å². The molecule has 1 heterocycles. The molecule has 2 aromatic carbocycles. The lowest BCUT2D eigenvalue weighted by atomic mass is 9.81. The van der Waals surface area contributed by atoms with Crippen LogP contribution in [0.1, 0.15) is 50.2 Å². The van der Waals surface area contributed by atoms with Crippen molar-refractivity contribution < 1.29 is 24.2 Å². The third kappa shape index (κ3) is 3.54. The van der Waals surface area contributed by atoms with E-state index in [-0.39, 0.29) is 30.9 Å². The summed E-state index contributed by atoms with van der Waals surface area (Å²) in [6.45, 7) is 4.05. The first-order chi connectivity index (χ1) is 16.2. The number of hydrogen-bond acceptors (Lipinski definition) is 4. The van der Waals surface area contributed by atoms with E-state index in [2.05, 4.69) is 29.6 Å². The average Bonchev–Trinajstić information content (AvgIpc) is 3.47. The van der Waals surface area contributed by atoms with E-state index in [0.29, 0.717) is 13.0 Å². The van der Waals surface area contributed by atoms with E-state index >= 15 is 0 Å². The van der Waals surface area contributed by atoms with Crippen LogP contribution in [0.4, 0.5) is 4.79 Å². The molecule has 7 heteroatoms. The van der Waals surface area contributed by atoms with E-state index in [9.17, 15) is 19.5 Å². The lowest BCUT2D eigenvalue weighted by Gasteiger charge is -2.31. The number of alkyl carbamates (subject to hydrolysis) is 1. The first kappa shape index (κ1) is 22.4. The Kier molecular flexibility index (Phi) is 5.38. The SMILES string of the molecule is CC(C)(NC(=O)OCC1c2ccccc2-c2ccccc21)C(=O)N1C[C@@H]2CCC[C@]2(C(=O)O)C1. The molecule has 2 amide bonds. The Morgan fingerprint density at radius 1 is 1.09 bits per heavy atom. The maximum Gasteiger partial charge on any atom is 0.408 e. The number of likely N-dealkylation sites (tertiary alicyclic amines) is 1. The molecule has 0 aromatic heterocycles. The van der Waals surface area contributed by atoms with Gasteiger partial charge in [0.1, 0.15) is 12.1 Å². The molecule has 5 rings (SSSR count). The smallest absolute Gasteiger partial charge is 0.408 e. The largest absolute Gasteiger partial charge is 0.481 e. The number of benzene rings is 2. The normalized spacial score (nSPS) is 23.2. The zero-order chi connectivity index (χ0) is 24.1. The zero-order valence-corrected chi connectivity index (χ0v) is 19.5. The van der Waals surface area contributed by atoms with Gasteiger partial charge in [0.05, 0.1) is 5.41 Å². The molecule has 1 saturated heterocycles. The lowest BCUT2D eigenvalue weighted by molar-refractivity contribution is -0.150. The van der Waals surface area contributed by atoms with Gasteiger partial charge in [0.25, 0.3) is 0 Å². The summed E-state index contributed by atoms with van der Waals surface area (Å²) in [5.74, 6) is -1.20. The lowest BCUT2D eigenvalue weighted by Crippen LogP contribution is -2.56. The molecule has 2 aromatic rings. The summed E-state index contributed by atoms with van der Waals surface area (Å²) in [5.41, 5.74) is 2.48. The number of fused-ring (bicyclic) bond motifs is 4. The summed E-state index contributed by atoms with van der Waals surface area (Å²) < 4.78 is 5.61. The Bertz CT molecular complexity index is 1110. The Morgan fingerprint density at radius 3 is 2.29 bits per heavy atom. The van der Waals surface area contributed by atoms with Crippen molar-refractivity contribution in [3.63, 3.8) is 0 Å². The Morgan fingerprint density at radius 2 is 1.71 bits per heavy atom. The van der Waals surface area contributed by atoms with Gasteiger partial charge >= 0.3 is 12.1 Å². The molecule has 0 radical (unpaired) electrons. The third-order valence-corrected chi connectivity index (χ3v) is 7.88. The highest BCUT2D eigenvalue weighted by Crippen LogP contribution is 2.49. The number of hydrogen-bond donors (Lipinski definition) is 2. The van der Waals surface area contributed by atoms with Gasteiger partial charge < -0.3 is 20.1 Å². The molecular formula is C27H30N2O5. The molecular weight excluding hydrogens is 432 g/mol. The van der Waals surface area contributed by atoms with Crippen molar-refractivity contribution in [3.8, 4) is 11.1 Å². The van der Waals surface area contributed by atoms with Crippen LogP contribution in [0.15, 0.2) is 48.5 Å². The number of carbonyl (C=O) groups is 3. The standard InChI is InChI=1S/C27H30N2O5/c1-26(2,23(30)29-14-17-8-7-13-27(17,16-29)24(31)32)28-25(33)34-15-22-20-11-5-3-9-18(20)19-10-4-6-12-21(19)22/h3-6,9-12,17,22H,7-8,13-16H2,1-2H3,(H,28,33)(H,31,32)/t17-,27-/m0/s1. The summed E-state index contributed by atoms with van der Waals surface area (Å²) in [7, 11) is 0. The van der Waals surface area contributed by atoms with Crippen molar-refractivity contribution in [2.75, 3.05) is 19.7 Å². The van der Waals surface area contributed by atoms with Gasteiger partial charge in [-0.25, -0.2) is 4.79 Å². The van der Waals surface area contributed by atoms with Crippen LogP contribution in [0, 0.1) is 11.3 Å². The van der Waals surface area contributed by atoms with Crippen LogP contribution in [0.5, 0.6) is 0 Å². The maximum atomic E-state index is 13.2. The molecule has 0 bridgehead atoms. The highest BCUT2D eigenvalue weighted by Gasteiger charge is 2.57. The van der Waals surface area contributed by atoms with Crippen LogP contribution in [0.25, 0.3) is 11.1 Å². The van der Waals surface area contributed by atoms with Crippen molar-refractivity contribution in [1.82, 2.24) is 10.2 Å². The second kappa shape index (κ2) is 8.15. The molecule has 2 N–H and O–H groups in total. The molecule has 2 fully saturated rings. The zero-order valence-electron chi connectivity index (χ0n) is 19.5. The van der Waals surface area contributed by atoms with Crippen LogP contribution in [-0.4, -0.2) is 53.2 Å². The van der Waals surface area contributed by atoms with Gasteiger partial charge in [0.2, 0.25) is 5.91 Å². The molecule has 1 saturated carbocycles. The second-order valence-corrected chi connectivity index (χ2v) is 10.3. The topological polar surface area (TPSA) is 95.9 Å². The predicted molar refractivity (Wildman–Crippen MR) is 126 cm³/mol. The van der Waals surface area contributed by atoms with Crippen molar-refractivity contribution in [2.45, 2.75) is 44.6 Å². The summed E-state index contributed by atoms with van der Waals surface area (Å²) in [5, 5.41) is 12.5. The Labute approximate surface area is 199 Å². The van der Waals surface area contributed by atoms with Crippen molar-refractivity contribution in [3.05, 3.63) is 59.7 Å². The fourth-order valence-corrected chi connectivity index (χ4v) is 6.13. The molecule has 3 aliphatic rings. The van der Waals surface area contributed by atoms with Crippen LogP contribution in [-0.2, 0) is 14.3 Å². The monoisotopic (exact) mass is 462 g/mol. The van der Waals surface area contributed by atoms with Crippen LogP contribution in [0.3, 0.4) is 0 Å². The number of carboxylic acid groups (broad SMARTS) is 1. The molecule has 0 spiro atoms. The number of carbonyl (C=O) groups excluding carboxylic acids is 2. The van der Waals surface area contributed by atoms with E-state index in [4.69, 9.17) is 4.74 Å². The molecule has 34 heavy (non-hydrogen) atoms. The first-order valence-corrected chi connectivity index (χ1v) is 11.9. The van der Waals surface area contributed by atoms with E-state index in [1.165, 1.54) is 0 Å². The third-order valence-electron chi connectivity index (χ3n) is 7.88. The minimum absolute atomic E-state index is 0.0285. The predicted octanol–water partition coefficient (Wildman–Crippen LogP) is 4.02. The van der Waals surface area contributed by atoms with E-state index < -0.39 is 23.0 Å². The van der Waals surface area contributed by atoms with Crippen molar-refractivity contribution in [1.29, 1.82) is 0 Å². The molecule has 1 aliphatic heterocycles.